The molecule has 1 N–H and O–H groups in total. The van der Waals surface area contributed by atoms with E-state index in [1.807, 2.05) is 47.0 Å². The highest BCUT2D eigenvalue weighted by molar-refractivity contribution is 5.74. The molecule has 0 amide bonds. The smallest absolute Gasteiger partial charge is 0.306 e. The zero-order valence-electron chi connectivity index (χ0n) is 19.4. The molecule has 0 aliphatic carbocycles. The Morgan fingerprint density at radius 3 is 2.18 bits per heavy atom. The average Bonchev–Trinajstić information content (AvgIpc) is 3.19. The molecule has 0 radical (unpaired) electrons. The molecule has 176 valence electrons. The first kappa shape index (κ1) is 22.6. The molecule has 4 aromatic rings. The van der Waals surface area contributed by atoms with E-state index >= 15 is 0 Å². The zero-order chi connectivity index (χ0) is 23.3. The number of piperazine rings is 1. The summed E-state index contributed by atoms with van der Waals surface area (Å²) in [5.74, 6) is -0.199. The lowest BCUT2D eigenvalue weighted by Crippen LogP contribution is -2.48. The first-order valence-electron chi connectivity index (χ1n) is 12.1. The Morgan fingerprint density at radius 1 is 0.765 bits per heavy atom. The SMILES string of the molecule is O=c1[nH]c2ccccc2n1CCCCN1CCN(C(c2ccccc2)c2ccc(F)cc2)CC1. The number of benzene rings is 3. The van der Waals surface area contributed by atoms with Crippen LogP contribution in [-0.4, -0.2) is 52.1 Å². The molecule has 1 saturated heterocycles. The van der Waals surface area contributed by atoms with Crippen molar-refractivity contribution in [3.8, 4) is 0 Å². The second-order valence-electron chi connectivity index (χ2n) is 9.05. The molecule has 5 rings (SSSR count). The van der Waals surface area contributed by atoms with E-state index < -0.39 is 0 Å². The summed E-state index contributed by atoms with van der Waals surface area (Å²) in [4.78, 5) is 20.2. The highest BCUT2D eigenvalue weighted by atomic mass is 19.1. The van der Waals surface area contributed by atoms with E-state index in [0.717, 1.165) is 68.7 Å². The number of rotatable bonds is 8. The largest absolute Gasteiger partial charge is 0.326 e. The third-order valence-electron chi connectivity index (χ3n) is 6.86. The molecule has 2 heterocycles. The van der Waals surface area contributed by atoms with E-state index in [1.165, 1.54) is 5.56 Å². The molecule has 1 aliphatic heterocycles. The van der Waals surface area contributed by atoms with Crippen LogP contribution in [0.2, 0.25) is 0 Å². The van der Waals surface area contributed by atoms with Crippen LogP contribution in [-0.2, 0) is 6.54 Å². The number of halogens is 1. The summed E-state index contributed by atoms with van der Waals surface area (Å²) >= 11 is 0. The standard InChI is InChI=1S/C28H31FN4O/c29-24-14-12-23(13-15-24)27(22-8-2-1-3-9-22)32-20-18-31(19-21-32)16-6-7-17-33-26-11-5-4-10-25(26)30-28(33)34/h1-5,8-15,27H,6-7,16-21H2,(H,30,34). The lowest BCUT2D eigenvalue weighted by atomic mass is 9.96. The second kappa shape index (κ2) is 10.4. The number of fused-ring (bicyclic) bond motifs is 1. The Kier molecular flexibility index (Phi) is 6.88. The van der Waals surface area contributed by atoms with E-state index in [2.05, 4.69) is 39.0 Å². The molecule has 5 nitrogen and oxygen atoms in total. The van der Waals surface area contributed by atoms with Gasteiger partial charge in [0.15, 0.2) is 0 Å². The van der Waals surface area contributed by atoms with Gasteiger partial charge in [0, 0.05) is 32.7 Å². The summed E-state index contributed by atoms with van der Waals surface area (Å²) < 4.78 is 15.4. The van der Waals surface area contributed by atoms with Crippen LogP contribution in [0, 0.1) is 5.82 Å². The number of aryl methyl sites for hydroxylation is 1. The predicted molar refractivity (Wildman–Crippen MR) is 134 cm³/mol. The molecule has 34 heavy (non-hydrogen) atoms. The van der Waals surface area contributed by atoms with Crippen LogP contribution in [0.25, 0.3) is 11.0 Å². The van der Waals surface area contributed by atoms with Gasteiger partial charge in [0.2, 0.25) is 0 Å². The number of hydrogen-bond donors (Lipinski definition) is 1. The number of aromatic nitrogens is 2. The van der Waals surface area contributed by atoms with Gasteiger partial charge in [0.05, 0.1) is 17.1 Å². The van der Waals surface area contributed by atoms with Crippen molar-refractivity contribution in [3.63, 3.8) is 0 Å². The zero-order valence-corrected chi connectivity index (χ0v) is 19.4. The molecule has 0 saturated carbocycles. The van der Waals surface area contributed by atoms with Crippen molar-refractivity contribution in [2.75, 3.05) is 32.7 Å². The van der Waals surface area contributed by atoms with Crippen molar-refractivity contribution in [1.82, 2.24) is 19.4 Å². The Hall–Kier alpha value is -3.22. The molecule has 0 bridgehead atoms. The second-order valence-corrected chi connectivity index (χ2v) is 9.05. The highest BCUT2D eigenvalue weighted by Crippen LogP contribution is 2.29. The Balaban J connectivity index is 1.16. The van der Waals surface area contributed by atoms with Gasteiger partial charge in [-0.25, -0.2) is 9.18 Å². The van der Waals surface area contributed by atoms with Crippen LogP contribution in [0.4, 0.5) is 4.39 Å². The monoisotopic (exact) mass is 458 g/mol. The van der Waals surface area contributed by atoms with Crippen molar-refractivity contribution in [2.45, 2.75) is 25.4 Å². The molecule has 1 fully saturated rings. The van der Waals surface area contributed by atoms with E-state index in [-0.39, 0.29) is 17.5 Å². The number of hydrogen-bond acceptors (Lipinski definition) is 3. The molecule has 3 aromatic carbocycles. The first-order chi connectivity index (χ1) is 16.7. The molecule has 1 aromatic heterocycles. The molecule has 6 heteroatoms. The maximum absolute atomic E-state index is 13.5. The minimum absolute atomic E-state index is 0.0254. The normalized spacial score (nSPS) is 16.1. The number of unbranched alkanes of at least 4 members (excludes halogenated alkanes) is 1. The molecular weight excluding hydrogens is 427 g/mol. The van der Waals surface area contributed by atoms with Crippen molar-refractivity contribution in [3.05, 3.63) is 106 Å². The summed E-state index contributed by atoms with van der Waals surface area (Å²) in [7, 11) is 0. The Morgan fingerprint density at radius 2 is 1.41 bits per heavy atom. The van der Waals surface area contributed by atoms with E-state index in [0.29, 0.717) is 0 Å². The highest BCUT2D eigenvalue weighted by Gasteiger charge is 2.26. The quantitative estimate of drug-likeness (QED) is 0.391. The van der Waals surface area contributed by atoms with Gasteiger partial charge >= 0.3 is 5.69 Å². The Bertz CT molecular complexity index is 1260. The lowest BCUT2D eigenvalue weighted by molar-refractivity contribution is 0.108. The fourth-order valence-corrected chi connectivity index (χ4v) is 5.07. The molecule has 1 atom stereocenters. The van der Waals surface area contributed by atoms with Gasteiger partial charge in [0.1, 0.15) is 5.82 Å². The van der Waals surface area contributed by atoms with Crippen LogP contribution in [0.15, 0.2) is 83.7 Å². The molecule has 1 aliphatic rings. The summed E-state index contributed by atoms with van der Waals surface area (Å²) in [6, 6.07) is 25.4. The number of H-pyrrole nitrogens is 1. The van der Waals surface area contributed by atoms with E-state index in [9.17, 15) is 9.18 Å². The van der Waals surface area contributed by atoms with Crippen LogP contribution in [0.5, 0.6) is 0 Å². The minimum Gasteiger partial charge on any atom is -0.306 e. The molecule has 1 unspecified atom stereocenters. The van der Waals surface area contributed by atoms with Crippen molar-refractivity contribution >= 4 is 11.0 Å². The third kappa shape index (κ3) is 4.98. The first-order valence-corrected chi connectivity index (χ1v) is 12.1. The number of aromatic amines is 1. The van der Waals surface area contributed by atoms with Crippen molar-refractivity contribution in [1.29, 1.82) is 0 Å². The van der Waals surface area contributed by atoms with E-state index in [4.69, 9.17) is 0 Å². The van der Waals surface area contributed by atoms with Gasteiger partial charge in [-0.15, -0.1) is 0 Å². The number of imidazole rings is 1. The van der Waals surface area contributed by atoms with Gasteiger partial charge in [-0.2, -0.15) is 0 Å². The molecular formula is C28H31FN4O. The van der Waals surface area contributed by atoms with E-state index in [1.54, 1.807) is 12.1 Å². The third-order valence-corrected chi connectivity index (χ3v) is 6.86. The van der Waals surface area contributed by atoms with Gasteiger partial charge in [-0.1, -0.05) is 54.6 Å². The van der Waals surface area contributed by atoms with Crippen molar-refractivity contribution in [2.24, 2.45) is 0 Å². The lowest BCUT2D eigenvalue weighted by Gasteiger charge is -2.40. The fourth-order valence-electron chi connectivity index (χ4n) is 5.07. The topological polar surface area (TPSA) is 44.3 Å². The number of nitrogens with zero attached hydrogens (tertiary/aromatic N) is 3. The van der Waals surface area contributed by atoms with Crippen LogP contribution < -0.4 is 5.69 Å². The van der Waals surface area contributed by atoms with Gasteiger partial charge in [-0.05, 0) is 54.8 Å². The Labute approximate surface area is 199 Å². The average molecular weight is 459 g/mol. The summed E-state index contributed by atoms with van der Waals surface area (Å²) in [5, 5.41) is 0. The maximum atomic E-state index is 13.5. The fraction of sp³-hybridized carbons (Fsp3) is 0.321. The van der Waals surface area contributed by atoms with Crippen LogP contribution in [0.3, 0.4) is 0 Å². The summed E-state index contributed by atoms with van der Waals surface area (Å²) in [6.45, 7) is 5.74. The van der Waals surface area contributed by atoms with Crippen LogP contribution >= 0.6 is 0 Å². The number of nitrogens with one attached hydrogen (secondary N) is 1. The van der Waals surface area contributed by atoms with Gasteiger partial charge in [0.25, 0.3) is 0 Å². The predicted octanol–water partition coefficient (Wildman–Crippen LogP) is 4.66. The summed E-state index contributed by atoms with van der Waals surface area (Å²) in [6.07, 6.45) is 2.04. The minimum atomic E-state index is -0.199. The number of para-hydroxylation sites is 2. The molecule has 0 spiro atoms. The van der Waals surface area contributed by atoms with Gasteiger partial charge in [-0.3, -0.25) is 9.47 Å². The van der Waals surface area contributed by atoms with Gasteiger partial charge < -0.3 is 9.88 Å². The maximum Gasteiger partial charge on any atom is 0.326 e. The van der Waals surface area contributed by atoms with Crippen molar-refractivity contribution < 1.29 is 4.39 Å². The van der Waals surface area contributed by atoms with Crippen LogP contribution in [0.1, 0.15) is 30.0 Å². The summed E-state index contributed by atoms with van der Waals surface area (Å²) in [5.41, 5.74) is 4.23.